The quantitative estimate of drug-likeness (QED) is 0.828. The normalized spacial score (nSPS) is 18.6. The van der Waals surface area contributed by atoms with Gasteiger partial charge < -0.3 is 10.2 Å². The fourth-order valence-electron chi connectivity index (χ4n) is 3.72. The van der Waals surface area contributed by atoms with Crippen LogP contribution in [0.25, 0.3) is 0 Å². The van der Waals surface area contributed by atoms with Crippen LogP contribution in [0.5, 0.6) is 0 Å². The van der Waals surface area contributed by atoms with Crippen molar-refractivity contribution in [1.82, 2.24) is 9.80 Å². The highest BCUT2D eigenvalue weighted by Gasteiger charge is 2.19. The van der Waals surface area contributed by atoms with Crippen molar-refractivity contribution in [3.63, 3.8) is 0 Å². The minimum absolute atomic E-state index is 0.0294. The molecule has 0 saturated carbocycles. The van der Waals surface area contributed by atoms with Crippen molar-refractivity contribution in [2.24, 2.45) is 0 Å². The third-order valence-corrected chi connectivity index (χ3v) is 5.07. The molecule has 5 nitrogen and oxygen atoms in total. The summed E-state index contributed by atoms with van der Waals surface area (Å²) in [6.07, 6.45) is 6.72. The SMILES string of the molecule is O=C(CCCN1CCCC1=O)Nc1cccc(CN2CCCCC2)c1. The first kappa shape index (κ1) is 17.9. The van der Waals surface area contributed by atoms with Gasteiger partial charge >= 0.3 is 0 Å². The van der Waals surface area contributed by atoms with Gasteiger partial charge in [0.25, 0.3) is 0 Å². The molecule has 2 amide bonds. The predicted molar refractivity (Wildman–Crippen MR) is 99.2 cm³/mol. The summed E-state index contributed by atoms with van der Waals surface area (Å²) in [7, 11) is 0. The number of anilines is 1. The second kappa shape index (κ2) is 8.99. The fraction of sp³-hybridized carbons (Fsp3) is 0.600. The maximum atomic E-state index is 12.1. The van der Waals surface area contributed by atoms with E-state index in [9.17, 15) is 9.59 Å². The van der Waals surface area contributed by atoms with Crippen LogP contribution in [0.2, 0.25) is 0 Å². The molecule has 0 radical (unpaired) electrons. The predicted octanol–water partition coefficient (Wildman–Crippen LogP) is 3.01. The summed E-state index contributed by atoms with van der Waals surface area (Å²) in [6, 6.07) is 8.17. The van der Waals surface area contributed by atoms with E-state index in [1.165, 1.54) is 37.9 Å². The lowest BCUT2D eigenvalue weighted by molar-refractivity contribution is -0.128. The molecule has 0 bridgehead atoms. The third kappa shape index (κ3) is 5.56. The summed E-state index contributed by atoms with van der Waals surface area (Å²) in [5.74, 6) is 0.257. The van der Waals surface area contributed by atoms with Gasteiger partial charge in [-0.1, -0.05) is 18.6 Å². The molecule has 0 unspecified atom stereocenters. The number of rotatable bonds is 7. The van der Waals surface area contributed by atoms with Crippen molar-refractivity contribution >= 4 is 17.5 Å². The second-order valence-corrected chi connectivity index (χ2v) is 7.17. The van der Waals surface area contributed by atoms with Crippen molar-refractivity contribution in [3.8, 4) is 0 Å². The Kier molecular flexibility index (Phi) is 6.45. The zero-order chi connectivity index (χ0) is 17.5. The molecule has 2 aliphatic heterocycles. The highest BCUT2D eigenvalue weighted by atomic mass is 16.2. The number of likely N-dealkylation sites (tertiary alicyclic amines) is 2. The van der Waals surface area contributed by atoms with E-state index in [2.05, 4.69) is 22.3 Å². The monoisotopic (exact) mass is 343 g/mol. The maximum absolute atomic E-state index is 12.1. The van der Waals surface area contributed by atoms with Gasteiger partial charge in [0.1, 0.15) is 0 Å². The van der Waals surface area contributed by atoms with Crippen LogP contribution in [0, 0.1) is 0 Å². The van der Waals surface area contributed by atoms with Crippen molar-refractivity contribution in [3.05, 3.63) is 29.8 Å². The van der Waals surface area contributed by atoms with Crippen LogP contribution in [-0.2, 0) is 16.1 Å². The van der Waals surface area contributed by atoms with Crippen LogP contribution < -0.4 is 5.32 Å². The van der Waals surface area contributed by atoms with E-state index < -0.39 is 0 Å². The Hall–Kier alpha value is -1.88. The molecule has 2 aliphatic rings. The lowest BCUT2D eigenvalue weighted by atomic mass is 10.1. The second-order valence-electron chi connectivity index (χ2n) is 7.17. The molecule has 25 heavy (non-hydrogen) atoms. The van der Waals surface area contributed by atoms with Crippen molar-refractivity contribution in [1.29, 1.82) is 0 Å². The number of carbonyl (C=O) groups is 2. The van der Waals surface area contributed by atoms with Gasteiger partial charge in [-0.2, -0.15) is 0 Å². The number of benzene rings is 1. The minimum atomic E-state index is 0.0294. The van der Waals surface area contributed by atoms with Gasteiger partial charge in [0.15, 0.2) is 0 Å². The Morgan fingerprint density at radius 3 is 2.68 bits per heavy atom. The van der Waals surface area contributed by atoms with E-state index in [0.717, 1.165) is 31.6 Å². The summed E-state index contributed by atoms with van der Waals surface area (Å²) >= 11 is 0. The van der Waals surface area contributed by atoms with Crippen molar-refractivity contribution < 1.29 is 9.59 Å². The average Bonchev–Trinajstić information content (AvgIpc) is 3.01. The van der Waals surface area contributed by atoms with Gasteiger partial charge in [0.2, 0.25) is 11.8 Å². The maximum Gasteiger partial charge on any atom is 0.224 e. The summed E-state index contributed by atoms with van der Waals surface area (Å²) in [5, 5.41) is 3.00. The standard InChI is InChI=1S/C20H29N3O2/c24-19(9-5-13-23-14-6-10-20(23)25)21-18-8-4-7-17(15-18)16-22-11-2-1-3-12-22/h4,7-8,15H,1-3,5-6,9-14,16H2,(H,21,24). The summed E-state index contributed by atoms with van der Waals surface area (Å²) in [4.78, 5) is 28.1. The molecule has 2 saturated heterocycles. The van der Waals surface area contributed by atoms with Crippen molar-refractivity contribution in [2.45, 2.75) is 51.5 Å². The molecular formula is C20H29N3O2. The summed E-state index contributed by atoms with van der Waals surface area (Å²) in [6.45, 7) is 4.85. The molecule has 2 fully saturated rings. The smallest absolute Gasteiger partial charge is 0.224 e. The molecule has 0 atom stereocenters. The Bertz CT molecular complexity index is 596. The van der Waals surface area contributed by atoms with Gasteiger partial charge in [-0.25, -0.2) is 0 Å². The molecule has 0 spiro atoms. The third-order valence-electron chi connectivity index (χ3n) is 5.07. The zero-order valence-electron chi connectivity index (χ0n) is 15.0. The van der Waals surface area contributed by atoms with E-state index in [4.69, 9.17) is 0 Å². The zero-order valence-corrected chi connectivity index (χ0v) is 15.0. The van der Waals surface area contributed by atoms with Crippen LogP contribution >= 0.6 is 0 Å². The molecule has 1 aromatic carbocycles. The Balaban J connectivity index is 1.42. The van der Waals surface area contributed by atoms with Crippen LogP contribution in [0.3, 0.4) is 0 Å². The Morgan fingerprint density at radius 2 is 1.92 bits per heavy atom. The van der Waals surface area contributed by atoms with E-state index in [1.54, 1.807) is 0 Å². The van der Waals surface area contributed by atoms with E-state index in [0.29, 0.717) is 19.4 Å². The number of amides is 2. The number of carbonyl (C=O) groups excluding carboxylic acids is 2. The fourth-order valence-corrected chi connectivity index (χ4v) is 3.72. The highest BCUT2D eigenvalue weighted by molar-refractivity contribution is 5.90. The molecule has 1 aromatic rings. The van der Waals surface area contributed by atoms with Crippen molar-refractivity contribution in [2.75, 3.05) is 31.5 Å². The Labute approximate surface area is 150 Å². The van der Waals surface area contributed by atoms with Crippen LogP contribution in [-0.4, -0.2) is 47.8 Å². The first-order valence-electron chi connectivity index (χ1n) is 9.60. The first-order chi connectivity index (χ1) is 12.2. The molecule has 5 heteroatoms. The van der Waals surface area contributed by atoms with Gasteiger partial charge in [-0.3, -0.25) is 14.5 Å². The number of nitrogens with one attached hydrogen (secondary N) is 1. The molecule has 3 rings (SSSR count). The minimum Gasteiger partial charge on any atom is -0.343 e. The van der Waals surface area contributed by atoms with Crippen LogP contribution in [0.1, 0.15) is 50.5 Å². The lowest BCUT2D eigenvalue weighted by Gasteiger charge is -2.26. The topological polar surface area (TPSA) is 52.7 Å². The molecule has 2 heterocycles. The Morgan fingerprint density at radius 1 is 1.08 bits per heavy atom. The average molecular weight is 343 g/mol. The molecule has 0 aromatic heterocycles. The number of piperidine rings is 1. The first-order valence-corrected chi connectivity index (χ1v) is 9.60. The lowest BCUT2D eigenvalue weighted by Crippen LogP contribution is -2.29. The molecule has 136 valence electrons. The van der Waals surface area contributed by atoms with Gasteiger partial charge in [-0.05, 0) is 56.5 Å². The largest absolute Gasteiger partial charge is 0.343 e. The molecule has 0 aliphatic carbocycles. The van der Waals surface area contributed by atoms with Gasteiger partial charge in [0, 0.05) is 38.2 Å². The van der Waals surface area contributed by atoms with E-state index in [1.807, 2.05) is 17.0 Å². The van der Waals surface area contributed by atoms with Crippen LogP contribution in [0.4, 0.5) is 5.69 Å². The number of nitrogens with zero attached hydrogens (tertiary/aromatic N) is 2. The van der Waals surface area contributed by atoms with E-state index >= 15 is 0 Å². The molecule has 1 N–H and O–H groups in total. The molecular weight excluding hydrogens is 314 g/mol. The van der Waals surface area contributed by atoms with Gasteiger partial charge in [0.05, 0.1) is 0 Å². The van der Waals surface area contributed by atoms with Crippen LogP contribution in [0.15, 0.2) is 24.3 Å². The van der Waals surface area contributed by atoms with Gasteiger partial charge in [-0.15, -0.1) is 0 Å². The summed E-state index contributed by atoms with van der Waals surface area (Å²) in [5.41, 5.74) is 2.12. The number of hydrogen-bond acceptors (Lipinski definition) is 3. The van der Waals surface area contributed by atoms with E-state index in [-0.39, 0.29) is 11.8 Å². The highest BCUT2D eigenvalue weighted by Crippen LogP contribution is 2.17. The summed E-state index contributed by atoms with van der Waals surface area (Å²) < 4.78 is 0. The number of hydrogen-bond donors (Lipinski definition) is 1.